The van der Waals surface area contributed by atoms with Gasteiger partial charge in [0.1, 0.15) is 0 Å². The minimum Gasteiger partial charge on any atom is -0.383 e. The molecule has 104 valence electrons. The molecule has 1 aromatic carbocycles. The monoisotopic (exact) mass is 261 g/mol. The lowest BCUT2D eigenvalue weighted by Crippen LogP contribution is -2.33. The number of aryl methyl sites for hydroxylation is 1. The molecule has 0 saturated carbocycles. The van der Waals surface area contributed by atoms with E-state index in [2.05, 4.69) is 10.6 Å². The molecule has 0 bridgehead atoms. The molecule has 1 aliphatic rings. The number of nitrogens with one attached hydrogen (secondary N) is 2. The van der Waals surface area contributed by atoms with Gasteiger partial charge < -0.3 is 15.5 Å². The van der Waals surface area contributed by atoms with Gasteiger partial charge in [0, 0.05) is 25.3 Å². The molecule has 0 spiro atoms. The van der Waals surface area contributed by atoms with Crippen LogP contribution in [0.2, 0.25) is 0 Å². The molecule has 4 nitrogen and oxygen atoms in total. The molecule has 2 rings (SSSR count). The molecule has 4 heteroatoms. The number of fused-ring (bicyclic) bond motifs is 1. The summed E-state index contributed by atoms with van der Waals surface area (Å²) in [6.45, 7) is 5.49. The summed E-state index contributed by atoms with van der Waals surface area (Å²) in [4.78, 5) is 14.5. The summed E-state index contributed by atoms with van der Waals surface area (Å²) < 4.78 is 0. The van der Waals surface area contributed by atoms with E-state index in [0.717, 1.165) is 55.8 Å². The van der Waals surface area contributed by atoms with Crippen LogP contribution >= 0.6 is 0 Å². The van der Waals surface area contributed by atoms with Crippen molar-refractivity contribution in [2.24, 2.45) is 0 Å². The second kappa shape index (κ2) is 6.57. The third-order valence-corrected chi connectivity index (χ3v) is 3.49. The maximum Gasteiger partial charge on any atom is 0.256 e. The molecule has 1 heterocycles. The fourth-order valence-corrected chi connectivity index (χ4v) is 2.40. The van der Waals surface area contributed by atoms with Gasteiger partial charge in [-0.25, -0.2) is 0 Å². The van der Waals surface area contributed by atoms with Crippen LogP contribution in [0.3, 0.4) is 0 Å². The highest BCUT2D eigenvalue weighted by Gasteiger charge is 2.21. The largest absolute Gasteiger partial charge is 0.383 e. The van der Waals surface area contributed by atoms with Crippen molar-refractivity contribution in [1.82, 2.24) is 10.2 Å². The van der Waals surface area contributed by atoms with Gasteiger partial charge in [-0.3, -0.25) is 4.79 Å². The van der Waals surface area contributed by atoms with Gasteiger partial charge in [-0.2, -0.15) is 0 Å². The Bertz CT molecular complexity index is 445. The zero-order valence-corrected chi connectivity index (χ0v) is 11.8. The maximum atomic E-state index is 12.5. The van der Waals surface area contributed by atoms with Gasteiger partial charge in [-0.1, -0.05) is 11.6 Å². The molecule has 0 fully saturated rings. The summed E-state index contributed by atoms with van der Waals surface area (Å²) in [5.41, 5.74) is 2.91. The summed E-state index contributed by atoms with van der Waals surface area (Å²) >= 11 is 0. The van der Waals surface area contributed by atoms with Crippen molar-refractivity contribution in [2.75, 3.05) is 38.5 Å². The van der Waals surface area contributed by atoms with Crippen molar-refractivity contribution in [3.63, 3.8) is 0 Å². The second-order valence-corrected chi connectivity index (χ2v) is 5.08. The minimum atomic E-state index is 0.160. The number of hydrogen-bond donors (Lipinski definition) is 2. The predicted octanol–water partition coefficient (Wildman–Crippen LogP) is 1.86. The van der Waals surface area contributed by atoms with Gasteiger partial charge in [0.05, 0.1) is 5.56 Å². The molecule has 2 N–H and O–H groups in total. The zero-order chi connectivity index (χ0) is 13.7. The molecule has 0 radical (unpaired) electrons. The zero-order valence-electron chi connectivity index (χ0n) is 11.8. The van der Waals surface area contributed by atoms with Gasteiger partial charge in [0.25, 0.3) is 5.91 Å². The number of benzene rings is 1. The SMILES string of the molecule is CNCCCCN1CCNc2ccc(C)cc2C1=O. The van der Waals surface area contributed by atoms with Crippen LogP contribution < -0.4 is 10.6 Å². The molecule has 0 aromatic heterocycles. The van der Waals surface area contributed by atoms with Gasteiger partial charge in [0.2, 0.25) is 0 Å². The Balaban J connectivity index is 2.05. The van der Waals surface area contributed by atoms with E-state index < -0.39 is 0 Å². The quantitative estimate of drug-likeness (QED) is 0.795. The van der Waals surface area contributed by atoms with Crippen LogP contribution in [0.1, 0.15) is 28.8 Å². The number of carbonyl (C=O) groups excluding carboxylic acids is 1. The molecular weight excluding hydrogens is 238 g/mol. The Hall–Kier alpha value is -1.55. The minimum absolute atomic E-state index is 0.160. The van der Waals surface area contributed by atoms with E-state index in [-0.39, 0.29) is 5.91 Å². The van der Waals surface area contributed by atoms with E-state index in [0.29, 0.717) is 0 Å². The van der Waals surface area contributed by atoms with Crippen molar-refractivity contribution in [3.8, 4) is 0 Å². The standard InChI is InChI=1S/C15H23N3O/c1-12-5-6-14-13(11-12)15(19)18(10-8-17-14)9-4-3-7-16-2/h5-6,11,16-17H,3-4,7-10H2,1-2H3. The van der Waals surface area contributed by atoms with Crippen molar-refractivity contribution in [2.45, 2.75) is 19.8 Å². The van der Waals surface area contributed by atoms with E-state index in [9.17, 15) is 4.79 Å². The smallest absolute Gasteiger partial charge is 0.256 e. The lowest BCUT2D eigenvalue weighted by Gasteiger charge is -2.20. The first-order valence-electron chi connectivity index (χ1n) is 7.01. The predicted molar refractivity (Wildman–Crippen MR) is 78.7 cm³/mol. The first-order chi connectivity index (χ1) is 9.22. The van der Waals surface area contributed by atoms with Crippen LogP contribution in [0, 0.1) is 6.92 Å². The lowest BCUT2D eigenvalue weighted by atomic mass is 10.1. The van der Waals surface area contributed by atoms with Crippen molar-refractivity contribution >= 4 is 11.6 Å². The number of rotatable bonds is 5. The topological polar surface area (TPSA) is 44.4 Å². The van der Waals surface area contributed by atoms with Gasteiger partial charge in [-0.05, 0) is 45.5 Å². The van der Waals surface area contributed by atoms with Crippen molar-refractivity contribution in [1.29, 1.82) is 0 Å². The van der Waals surface area contributed by atoms with E-state index >= 15 is 0 Å². The lowest BCUT2D eigenvalue weighted by molar-refractivity contribution is 0.0764. The molecule has 0 saturated heterocycles. The highest BCUT2D eigenvalue weighted by Crippen LogP contribution is 2.21. The number of hydrogen-bond acceptors (Lipinski definition) is 3. The second-order valence-electron chi connectivity index (χ2n) is 5.08. The van der Waals surface area contributed by atoms with E-state index in [1.54, 1.807) is 0 Å². The Morgan fingerprint density at radius 1 is 1.37 bits per heavy atom. The van der Waals surface area contributed by atoms with E-state index in [1.807, 2.05) is 37.1 Å². The molecule has 0 aliphatic carbocycles. The van der Waals surface area contributed by atoms with Gasteiger partial charge in [0.15, 0.2) is 0 Å². The van der Waals surface area contributed by atoms with Crippen LogP contribution in [0.5, 0.6) is 0 Å². The highest BCUT2D eigenvalue weighted by atomic mass is 16.2. The Morgan fingerprint density at radius 3 is 3.00 bits per heavy atom. The van der Waals surface area contributed by atoms with Gasteiger partial charge in [-0.15, -0.1) is 0 Å². The van der Waals surface area contributed by atoms with Gasteiger partial charge >= 0.3 is 0 Å². The Kier molecular flexibility index (Phi) is 4.80. The summed E-state index contributed by atoms with van der Waals surface area (Å²) in [5.74, 6) is 0.160. The highest BCUT2D eigenvalue weighted by molar-refractivity contribution is 6.00. The number of carbonyl (C=O) groups is 1. The third-order valence-electron chi connectivity index (χ3n) is 3.49. The van der Waals surface area contributed by atoms with Crippen LogP contribution in [0.15, 0.2) is 18.2 Å². The first kappa shape index (κ1) is 13.9. The number of unbranched alkanes of at least 4 members (excludes halogenated alkanes) is 1. The summed E-state index contributed by atoms with van der Waals surface area (Å²) in [6, 6.07) is 6.03. The third kappa shape index (κ3) is 3.47. The van der Waals surface area contributed by atoms with E-state index in [1.165, 1.54) is 0 Å². The van der Waals surface area contributed by atoms with Crippen molar-refractivity contribution in [3.05, 3.63) is 29.3 Å². The summed E-state index contributed by atoms with van der Waals surface area (Å²) in [6.07, 6.45) is 2.15. The molecule has 0 atom stereocenters. The van der Waals surface area contributed by atoms with Crippen molar-refractivity contribution < 1.29 is 4.79 Å². The van der Waals surface area contributed by atoms with Crippen LogP contribution in [-0.2, 0) is 0 Å². The molecular formula is C15H23N3O. The average Bonchev–Trinajstić information content (AvgIpc) is 2.56. The number of amides is 1. The summed E-state index contributed by atoms with van der Waals surface area (Å²) in [7, 11) is 1.96. The van der Waals surface area contributed by atoms with Crippen LogP contribution in [-0.4, -0.2) is 44.0 Å². The molecule has 1 aliphatic heterocycles. The van der Waals surface area contributed by atoms with Crippen LogP contribution in [0.4, 0.5) is 5.69 Å². The fourth-order valence-electron chi connectivity index (χ4n) is 2.40. The summed E-state index contributed by atoms with van der Waals surface area (Å²) in [5, 5.41) is 6.48. The Morgan fingerprint density at radius 2 is 2.21 bits per heavy atom. The molecule has 0 unspecified atom stereocenters. The maximum absolute atomic E-state index is 12.5. The Labute approximate surface area is 115 Å². The number of nitrogens with zero attached hydrogens (tertiary/aromatic N) is 1. The fraction of sp³-hybridized carbons (Fsp3) is 0.533. The molecule has 1 amide bonds. The average molecular weight is 261 g/mol. The molecule has 19 heavy (non-hydrogen) atoms. The van der Waals surface area contributed by atoms with E-state index in [4.69, 9.17) is 0 Å². The van der Waals surface area contributed by atoms with Crippen LogP contribution in [0.25, 0.3) is 0 Å². The normalized spacial score (nSPS) is 14.8. The first-order valence-corrected chi connectivity index (χ1v) is 7.01. The molecule has 1 aromatic rings. The number of anilines is 1.